The van der Waals surface area contributed by atoms with E-state index < -0.39 is 5.82 Å². The molecule has 4 aromatic heterocycles. The minimum absolute atomic E-state index is 0. The van der Waals surface area contributed by atoms with Crippen molar-refractivity contribution in [1.29, 1.82) is 0 Å². The van der Waals surface area contributed by atoms with Crippen molar-refractivity contribution in [1.82, 2.24) is 29.5 Å². The highest BCUT2D eigenvalue weighted by atomic mass is 32.1. The molecule has 7 nitrogen and oxygen atoms in total. The second kappa shape index (κ2) is 9.73. The van der Waals surface area contributed by atoms with Crippen molar-refractivity contribution >= 4 is 25.1 Å². The number of benzene rings is 1. The Labute approximate surface area is 215 Å². The average Bonchev–Trinajstić information content (AvgIpc) is 3.49. The third-order valence-electron chi connectivity index (χ3n) is 6.60. The van der Waals surface area contributed by atoms with Gasteiger partial charge in [-0.1, -0.05) is 44.2 Å². The number of rotatable bonds is 5. The minimum atomic E-state index is -0.417. The summed E-state index contributed by atoms with van der Waals surface area (Å²) in [5.41, 5.74) is 7.23. The van der Waals surface area contributed by atoms with Crippen LogP contribution in [0.15, 0.2) is 61.1 Å². The topological polar surface area (TPSA) is 83.8 Å². The maximum Gasteiger partial charge on any atom is 0.228 e. The van der Waals surface area contributed by atoms with Gasteiger partial charge in [-0.15, -0.1) is 0 Å². The van der Waals surface area contributed by atoms with Crippen LogP contribution in [0.4, 0.5) is 10.3 Å². The van der Waals surface area contributed by atoms with Crippen LogP contribution in [0, 0.1) is 5.82 Å². The van der Waals surface area contributed by atoms with Crippen molar-refractivity contribution in [2.24, 2.45) is 0 Å². The molecule has 2 N–H and O–H groups in total. The number of fused-ring (bicyclic) bond motifs is 2. The summed E-state index contributed by atoms with van der Waals surface area (Å²) in [5, 5.41) is 8.19. The Kier molecular flexibility index (Phi) is 6.49. The fourth-order valence-electron chi connectivity index (χ4n) is 4.77. The summed E-state index contributed by atoms with van der Waals surface area (Å²) in [4.78, 5) is 17.1. The van der Waals surface area contributed by atoms with Crippen LogP contribution in [0.5, 0.6) is 0 Å². The SMILES string of the molecule is CC(C)c1cnn2c(N[C@H]3CCc4[nH]c(-c5ccccc5)cc4C3)nc(-c3cncc(F)c3)nc12.S. The normalized spacial score (nSPS) is 15.1. The molecule has 0 aliphatic heterocycles. The van der Waals surface area contributed by atoms with Crippen molar-refractivity contribution in [3.63, 3.8) is 0 Å². The first-order chi connectivity index (χ1) is 17.0. The van der Waals surface area contributed by atoms with Gasteiger partial charge in [-0.3, -0.25) is 4.98 Å². The van der Waals surface area contributed by atoms with Crippen LogP contribution in [0.2, 0.25) is 0 Å². The summed E-state index contributed by atoms with van der Waals surface area (Å²) in [7, 11) is 0. The summed E-state index contributed by atoms with van der Waals surface area (Å²) in [6.07, 6.45) is 7.39. The first kappa shape index (κ1) is 24.0. The van der Waals surface area contributed by atoms with Crippen LogP contribution in [0.25, 0.3) is 28.3 Å². The van der Waals surface area contributed by atoms with Gasteiger partial charge in [0.15, 0.2) is 11.5 Å². The average molecular weight is 502 g/mol. The Balaban J connectivity index is 0.00000267. The third kappa shape index (κ3) is 4.46. The number of pyridine rings is 1. The van der Waals surface area contributed by atoms with Gasteiger partial charge in [-0.25, -0.2) is 9.37 Å². The van der Waals surface area contributed by atoms with E-state index in [2.05, 4.69) is 64.6 Å². The Morgan fingerprint density at radius 2 is 1.89 bits per heavy atom. The summed E-state index contributed by atoms with van der Waals surface area (Å²) < 4.78 is 15.7. The lowest BCUT2D eigenvalue weighted by Crippen LogP contribution is -2.28. The van der Waals surface area contributed by atoms with Gasteiger partial charge in [-0.2, -0.15) is 28.1 Å². The van der Waals surface area contributed by atoms with Gasteiger partial charge in [0.2, 0.25) is 5.95 Å². The Hall–Kier alpha value is -3.72. The highest BCUT2D eigenvalue weighted by Gasteiger charge is 2.24. The zero-order chi connectivity index (χ0) is 23.9. The number of aryl methyl sites for hydroxylation is 1. The fraction of sp³-hybridized carbons (Fsp3) is 0.259. The second-order valence-corrected chi connectivity index (χ2v) is 9.39. The molecule has 9 heteroatoms. The molecular weight excluding hydrogens is 473 g/mol. The van der Waals surface area contributed by atoms with E-state index in [9.17, 15) is 4.39 Å². The highest BCUT2D eigenvalue weighted by molar-refractivity contribution is 7.59. The number of hydrogen-bond donors (Lipinski definition) is 2. The molecule has 0 spiro atoms. The van der Waals surface area contributed by atoms with E-state index in [1.54, 1.807) is 10.7 Å². The summed E-state index contributed by atoms with van der Waals surface area (Å²) >= 11 is 0. The Bertz CT molecular complexity index is 1510. The third-order valence-corrected chi connectivity index (χ3v) is 6.60. The number of halogens is 1. The molecule has 0 amide bonds. The number of anilines is 1. The van der Waals surface area contributed by atoms with Gasteiger partial charge in [0.25, 0.3) is 0 Å². The summed E-state index contributed by atoms with van der Waals surface area (Å²) in [6, 6.07) is 14.2. The van der Waals surface area contributed by atoms with Crippen molar-refractivity contribution in [3.05, 3.63) is 83.7 Å². The lowest BCUT2D eigenvalue weighted by atomic mass is 9.93. The number of H-pyrrole nitrogens is 1. The molecule has 1 aromatic carbocycles. The van der Waals surface area contributed by atoms with Gasteiger partial charge >= 0.3 is 0 Å². The van der Waals surface area contributed by atoms with Crippen LogP contribution in [-0.4, -0.2) is 35.6 Å². The molecule has 5 aromatic rings. The number of aromatic amines is 1. The lowest BCUT2D eigenvalue weighted by molar-refractivity contribution is 0.597. The van der Waals surface area contributed by atoms with Gasteiger partial charge in [-0.05, 0) is 48.4 Å². The van der Waals surface area contributed by atoms with E-state index in [0.717, 1.165) is 36.2 Å². The largest absolute Gasteiger partial charge is 0.358 e. The molecule has 36 heavy (non-hydrogen) atoms. The van der Waals surface area contributed by atoms with Gasteiger partial charge < -0.3 is 10.3 Å². The van der Waals surface area contributed by atoms with Crippen LogP contribution >= 0.6 is 13.5 Å². The molecule has 0 fully saturated rings. The molecule has 0 bridgehead atoms. The zero-order valence-corrected chi connectivity index (χ0v) is 21.2. The summed E-state index contributed by atoms with van der Waals surface area (Å²) in [6.45, 7) is 4.21. The fourth-order valence-corrected chi connectivity index (χ4v) is 4.77. The van der Waals surface area contributed by atoms with Crippen LogP contribution in [0.1, 0.15) is 43.0 Å². The first-order valence-electron chi connectivity index (χ1n) is 11.9. The summed E-state index contributed by atoms with van der Waals surface area (Å²) in [5.74, 6) is 0.856. The molecule has 0 radical (unpaired) electrons. The van der Waals surface area contributed by atoms with Crippen LogP contribution < -0.4 is 5.32 Å². The quantitative estimate of drug-likeness (QED) is 0.331. The van der Waals surface area contributed by atoms with E-state index in [-0.39, 0.29) is 25.5 Å². The predicted octanol–water partition coefficient (Wildman–Crippen LogP) is 5.53. The second-order valence-electron chi connectivity index (χ2n) is 9.39. The number of nitrogens with zero attached hydrogens (tertiary/aromatic N) is 5. The molecule has 0 saturated carbocycles. The van der Waals surface area contributed by atoms with E-state index in [1.807, 2.05) is 12.3 Å². The minimum Gasteiger partial charge on any atom is -0.358 e. The predicted molar refractivity (Wildman–Crippen MR) is 144 cm³/mol. The van der Waals surface area contributed by atoms with Crippen LogP contribution in [-0.2, 0) is 12.8 Å². The van der Waals surface area contributed by atoms with Gasteiger partial charge in [0.05, 0.1) is 12.4 Å². The van der Waals surface area contributed by atoms with Crippen molar-refractivity contribution in [3.8, 4) is 22.6 Å². The number of nitrogens with one attached hydrogen (secondary N) is 2. The van der Waals surface area contributed by atoms with Crippen molar-refractivity contribution in [2.45, 2.75) is 45.1 Å². The molecule has 184 valence electrons. The lowest BCUT2D eigenvalue weighted by Gasteiger charge is -2.24. The number of hydrogen-bond acceptors (Lipinski definition) is 5. The molecule has 0 unspecified atom stereocenters. The zero-order valence-electron chi connectivity index (χ0n) is 20.2. The molecule has 4 heterocycles. The van der Waals surface area contributed by atoms with E-state index in [0.29, 0.717) is 17.3 Å². The molecular formula is C27H28FN7S. The van der Waals surface area contributed by atoms with Gasteiger partial charge in [0, 0.05) is 34.8 Å². The standard InChI is InChI=1S/C27H26FN7.H2S/c1-16(2)22-15-30-35-26(22)33-25(19-10-20(28)14-29-13-19)34-27(35)31-21-8-9-23-18(11-21)12-24(32-23)17-6-4-3-5-7-17;/h3-7,10,12-16,21,32H,8-9,11H2,1-2H3,(H,31,33,34);1H2/t21-;/m0./s1. The van der Waals surface area contributed by atoms with Crippen molar-refractivity contribution in [2.75, 3.05) is 5.32 Å². The first-order valence-corrected chi connectivity index (χ1v) is 11.9. The molecule has 1 aliphatic carbocycles. The Morgan fingerprint density at radius 3 is 2.67 bits per heavy atom. The molecule has 6 rings (SSSR count). The van der Waals surface area contributed by atoms with Crippen LogP contribution in [0.3, 0.4) is 0 Å². The molecule has 1 aliphatic rings. The Morgan fingerprint density at radius 1 is 1.06 bits per heavy atom. The smallest absolute Gasteiger partial charge is 0.228 e. The monoisotopic (exact) mass is 501 g/mol. The molecule has 1 atom stereocenters. The van der Waals surface area contributed by atoms with E-state index in [4.69, 9.17) is 9.97 Å². The van der Waals surface area contributed by atoms with Crippen molar-refractivity contribution < 1.29 is 4.39 Å². The maximum atomic E-state index is 13.9. The number of aromatic nitrogens is 6. The van der Waals surface area contributed by atoms with E-state index in [1.165, 1.54) is 29.1 Å². The molecule has 0 saturated heterocycles. The maximum absolute atomic E-state index is 13.9. The van der Waals surface area contributed by atoms with E-state index >= 15 is 0 Å². The highest BCUT2D eigenvalue weighted by Crippen LogP contribution is 2.30. The van der Waals surface area contributed by atoms with Gasteiger partial charge in [0.1, 0.15) is 5.82 Å².